The summed E-state index contributed by atoms with van der Waals surface area (Å²) in [4.78, 5) is 27.5. The topological polar surface area (TPSA) is 103 Å². The van der Waals surface area contributed by atoms with Crippen LogP contribution in [0.4, 0.5) is 0 Å². The molecule has 0 N–H and O–H groups in total. The van der Waals surface area contributed by atoms with Gasteiger partial charge in [-0.15, -0.1) is 11.3 Å². The Labute approximate surface area is 225 Å². The van der Waals surface area contributed by atoms with Crippen LogP contribution in [0.25, 0.3) is 0 Å². The van der Waals surface area contributed by atoms with Gasteiger partial charge in [-0.2, -0.15) is 8.42 Å². The van der Waals surface area contributed by atoms with E-state index in [1.54, 1.807) is 47.6 Å². The zero-order valence-electron chi connectivity index (χ0n) is 20.7. The molecule has 0 spiro atoms. The standard InChI is InChI=1S/C28H27NO7S2/c1-2-3-16-35-28(31)24-9-4-5-11-26(24)38(32,33)36-22-14-12-21(13-15-22)19-29(20-23-8-6-17-34-23)27(30)25-10-7-18-37-25/h4-15,17-18H,2-3,16,19-20H2,1H3. The molecule has 4 rings (SSSR count). The Kier molecular flexibility index (Phi) is 8.98. The van der Waals surface area contributed by atoms with Gasteiger partial charge in [-0.05, 0) is 59.8 Å². The fraction of sp³-hybridized carbons (Fsp3) is 0.214. The summed E-state index contributed by atoms with van der Waals surface area (Å²) < 4.78 is 42.0. The highest BCUT2D eigenvalue weighted by Gasteiger charge is 2.25. The Bertz CT molecular complexity index is 1450. The van der Waals surface area contributed by atoms with Crippen molar-refractivity contribution in [1.82, 2.24) is 4.90 Å². The zero-order valence-corrected chi connectivity index (χ0v) is 22.4. The van der Waals surface area contributed by atoms with Crippen LogP contribution in [0, 0.1) is 0 Å². The van der Waals surface area contributed by atoms with E-state index in [1.807, 2.05) is 18.4 Å². The number of benzene rings is 2. The summed E-state index contributed by atoms with van der Waals surface area (Å²) in [5, 5.41) is 1.84. The molecule has 0 saturated carbocycles. The predicted octanol–water partition coefficient (Wildman–Crippen LogP) is 5.91. The summed E-state index contributed by atoms with van der Waals surface area (Å²) in [5.74, 6) is -0.136. The summed E-state index contributed by atoms with van der Waals surface area (Å²) in [6.45, 7) is 2.72. The molecule has 0 aliphatic rings. The van der Waals surface area contributed by atoms with Crippen LogP contribution < -0.4 is 4.18 Å². The lowest BCUT2D eigenvalue weighted by molar-refractivity contribution is 0.0494. The summed E-state index contributed by atoms with van der Waals surface area (Å²) in [6.07, 6.45) is 3.08. The number of unbranched alkanes of at least 4 members (excludes halogenated alkanes) is 1. The van der Waals surface area contributed by atoms with Gasteiger partial charge in [0.05, 0.1) is 29.9 Å². The zero-order chi connectivity index (χ0) is 27.0. The maximum atomic E-state index is 13.1. The molecule has 0 bridgehead atoms. The first-order valence-electron chi connectivity index (χ1n) is 12.0. The van der Waals surface area contributed by atoms with E-state index in [-0.39, 0.29) is 41.8 Å². The largest absolute Gasteiger partial charge is 0.467 e. The van der Waals surface area contributed by atoms with Crippen molar-refractivity contribution in [3.63, 3.8) is 0 Å². The fourth-order valence-electron chi connectivity index (χ4n) is 3.63. The van der Waals surface area contributed by atoms with Gasteiger partial charge < -0.3 is 18.2 Å². The van der Waals surface area contributed by atoms with Gasteiger partial charge in [-0.3, -0.25) is 4.79 Å². The van der Waals surface area contributed by atoms with E-state index in [2.05, 4.69) is 0 Å². The number of hydrogen-bond donors (Lipinski definition) is 0. The smallest absolute Gasteiger partial charge is 0.340 e. The molecule has 2 aromatic heterocycles. The van der Waals surface area contributed by atoms with E-state index in [0.717, 1.165) is 12.0 Å². The maximum absolute atomic E-state index is 13.1. The van der Waals surface area contributed by atoms with Crippen molar-refractivity contribution in [3.05, 3.63) is 106 Å². The average molecular weight is 554 g/mol. The first-order valence-corrected chi connectivity index (χ1v) is 14.3. The van der Waals surface area contributed by atoms with Crippen LogP contribution in [0.1, 0.15) is 51.1 Å². The summed E-state index contributed by atoms with van der Waals surface area (Å²) >= 11 is 1.36. The van der Waals surface area contributed by atoms with Gasteiger partial charge in [0.25, 0.3) is 5.91 Å². The highest BCUT2D eigenvalue weighted by atomic mass is 32.2. The molecule has 0 saturated heterocycles. The molecule has 0 fully saturated rings. The van der Waals surface area contributed by atoms with Crippen LogP contribution in [-0.2, 0) is 27.9 Å². The Morgan fingerprint density at radius 2 is 1.74 bits per heavy atom. The van der Waals surface area contributed by atoms with Gasteiger partial charge in [0, 0.05) is 6.54 Å². The highest BCUT2D eigenvalue weighted by Crippen LogP contribution is 2.24. The second-order valence-corrected chi connectivity index (χ2v) is 10.8. The van der Waals surface area contributed by atoms with Crippen LogP contribution >= 0.6 is 11.3 Å². The monoisotopic (exact) mass is 553 g/mol. The molecule has 0 aliphatic carbocycles. The molecule has 1 amide bonds. The van der Waals surface area contributed by atoms with E-state index >= 15 is 0 Å². The van der Waals surface area contributed by atoms with Gasteiger partial charge in [-0.1, -0.05) is 43.7 Å². The number of hydrogen-bond acceptors (Lipinski definition) is 8. The molecule has 10 heteroatoms. The third kappa shape index (κ3) is 6.90. The Morgan fingerprint density at radius 3 is 2.42 bits per heavy atom. The average Bonchev–Trinajstić information content (AvgIpc) is 3.64. The Morgan fingerprint density at radius 1 is 0.947 bits per heavy atom. The van der Waals surface area contributed by atoms with E-state index < -0.39 is 16.1 Å². The van der Waals surface area contributed by atoms with Crippen LogP contribution in [0.2, 0.25) is 0 Å². The quantitative estimate of drug-likeness (QED) is 0.122. The number of esters is 1. The number of thiophene rings is 1. The minimum atomic E-state index is -4.31. The minimum Gasteiger partial charge on any atom is -0.467 e. The first kappa shape index (κ1) is 27.2. The highest BCUT2D eigenvalue weighted by molar-refractivity contribution is 7.87. The number of carbonyl (C=O) groups excluding carboxylic acids is 2. The first-order chi connectivity index (χ1) is 18.4. The van der Waals surface area contributed by atoms with Gasteiger partial charge in [0.15, 0.2) is 0 Å². The van der Waals surface area contributed by atoms with E-state index in [0.29, 0.717) is 17.1 Å². The number of ether oxygens (including phenoxy) is 1. The summed E-state index contributed by atoms with van der Waals surface area (Å²) in [6, 6.07) is 19.3. The van der Waals surface area contributed by atoms with Gasteiger partial charge in [0.2, 0.25) is 0 Å². The summed E-state index contributed by atoms with van der Waals surface area (Å²) in [5.41, 5.74) is 0.687. The molecule has 38 heavy (non-hydrogen) atoms. The van der Waals surface area contributed by atoms with Crippen molar-refractivity contribution in [2.24, 2.45) is 0 Å². The van der Waals surface area contributed by atoms with Gasteiger partial charge >= 0.3 is 16.1 Å². The lowest BCUT2D eigenvalue weighted by Gasteiger charge is -2.21. The van der Waals surface area contributed by atoms with E-state index in [4.69, 9.17) is 13.3 Å². The second-order valence-electron chi connectivity index (χ2n) is 8.38. The Balaban J connectivity index is 1.48. The molecule has 2 aromatic carbocycles. The fourth-order valence-corrected chi connectivity index (χ4v) is 5.44. The Hall–Kier alpha value is -3.89. The molecular formula is C28H27NO7S2. The number of amides is 1. The van der Waals surface area contributed by atoms with Gasteiger partial charge in [-0.25, -0.2) is 4.79 Å². The van der Waals surface area contributed by atoms with Crippen molar-refractivity contribution < 1.29 is 31.3 Å². The molecule has 0 radical (unpaired) electrons. The second kappa shape index (κ2) is 12.6. The molecule has 0 aliphatic heterocycles. The van der Waals surface area contributed by atoms with Crippen molar-refractivity contribution in [1.29, 1.82) is 0 Å². The van der Waals surface area contributed by atoms with Gasteiger partial charge in [0.1, 0.15) is 16.4 Å². The molecule has 8 nitrogen and oxygen atoms in total. The van der Waals surface area contributed by atoms with Crippen LogP contribution in [0.3, 0.4) is 0 Å². The van der Waals surface area contributed by atoms with Crippen LogP contribution in [-0.4, -0.2) is 31.8 Å². The van der Waals surface area contributed by atoms with E-state index in [9.17, 15) is 18.0 Å². The molecule has 4 aromatic rings. The summed E-state index contributed by atoms with van der Waals surface area (Å²) in [7, 11) is -4.31. The van der Waals surface area contributed by atoms with Crippen molar-refractivity contribution in [3.8, 4) is 5.75 Å². The SMILES string of the molecule is CCCCOC(=O)c1ccccc1S(=O)(=O)Oc1ccc(CN(Cc2ccco2)C(=O)c2cccs2)cc1. The third-order valence-corrected chi connectivity index (χ3v) is 7.72. The maximum Gasteiger partial charge on any atom is 0.340 e. The number of nitrogens with zero attached hydrogens (tertiary/aromatic N) is 1. The molecule has 0 atom stereocenters. The van der Waals surface area contributed by atoms with Crippen molar-refractivity contribution in [2.75, 3.05) is 6.61 Å². The lowest BCUT2D eigenvalue weighted by atomic mass is 10.2. The van der Waals surface area contributed by atoms with Crippen molar-refractivity contribution in [2.45, 2.75) is 37.8 Å². The van der Waals surface area contributed by atoms with Crippen LogP contribution in [0.5, 0.6) is 5.75 Å². The third-order valence-electron chi connectivity index (χ3n) is 5.56. The van der Waals surface area contributed by atoms with Crippen LogP contribution in [0.15, 0.2) is 93.8 Å². The molecule has 198 valence electrons. The normalized spacial score (nSPS) is 11.2. The minimum absolute atomic E-state index is 0.0741. The van der Waals surface area contributed by atoms with Crippen molar-refractivity contribution >= 4 is 33.3 Å². The number of carbonyl (C=O) groups is 2. The predicted molar refractivity (Wildman–Crippen MR) is 142 cm³/mol. The number of furan rings is 1. The van der Waals surface area contributed by atoms with E-state index in [1.165, 1.54) is 41.7 Å². The number of rotatable bonds is 12. The molecular weight excluding hydrogens is 526 g/mol. The lowest BCUT2D eigenvalue weighted by Crippen LogP contribution is -2.29. The molecule has 2 heterocycles. The molecule has 0 unspecified atom stereocenters.